The Hall–Kier alpha value is -2.29. The van der Waals surface area contributed by atoms with Gasteiger partial charge >= 0.3 is 6.11 Å². The highest BCUT2D eigenvalue weighted by atomic mass is 19.3. The summed E-state index contributed by atoms with van der Waals surface area (Å²) in [7, 11) is 0. The van der Waals surface area contributed by atoms with Gasteiger partial charge in [-0.2, -0.15) is 8.78 Å². The van der Waals surface area contributed by atoms with Crippen LogP contribution in [-0.2, 0) is 10.8 Å². The second-order valence-corrected chi connectivity index (χ2v) is 10.3. The highest BCUT2D eigenvalue weighted by Crippen LogP contribution is 2.43. The van der Waals surface area contributed by atoms with Gasteiger partial charge in [0.1, 0.15) is 22.9 Å². The minimum atomic E-state index is -4.60. The molecule has 0 bridgehead atoms. The summed E-state index contributed by atoms with van der Waals surface area (Å²) in [6.07, 6.45) is 2.98. The van der Waals surface area contributed by atoms with Gasteiger partial charge in [0.15, 0.2) is 17.5 Å². The summed E-state index contributed by atoms with van der Waals surface area (Å²) in [6.45, 7) is 3.81. The van der Waals surface area contributed by atoms with Gasteiger partial charge in [-0.3, -0.25) is 0 Å². The standard InChI is InChI=1S/C28H31F7O2/c1-3-4-16-5-10-23(36-14-16)18-8-6-17(7-9-18)19-11-20(29)25(21(30)12-19)28(34,35)37-24-13-22(31)27(33)26(32)15(24)2/h11-13,16-18,23H,3-10,14H2,1-2H3. The van der Waals surface area contributed by atoms with Crippen LogP contribution in [0.3, 0.4) is 0 Å². The maximum atomic E-state index is 14.8. The molecule has 2 aliphatic rings. The molecule has 4 rings (SSSR count). The van der Waals surface area contributed by atoms with E-state index in [1.165, 1.54) is 0 Å². The molecule has 2 aromatic carbocycles. The lowest BCUT2D eigenvalue weighted by Crippen LogP contribution is -2.34. The summed E-state index contributed by atoms with van der Waals surface area (Å²) in [5.41, 5.74) is -2.15. The molecule has 1 heterocycles. The van der Waals surface area contributed by atoms with Gasteiger partial charge in [0, 0.05) is 18.2 Å². The van der Waals surface area contributed by atoms with Gasteiger partial charge in [0.25, 0.3) is 0 Å². The van der Waals surface area contributed by atoms with Crippen molar-refractivity contribution in [1.29, 1.82) is 0 Å². The molecule has 1 saturated heterocycles. The fourth-order valence-electron chi connectivity index (χ4n) is 5.72. The molecule has 0 spiro atoms. The fourth-order valence-corrected chi connectivity index (χ4v) is 5.72. The highest BCUT2D eigenvalue weighted by Gasteiger charge is 2.42. The Labute approximate surface area is 212 Å². The first-order valence-corrected chi connectivity index (χ1v) is 12.8. The third kappa shape index (κ3) is 5.91. The number of hydrogen-bond donors (Lipinski definition) is 0. The number of halogens is 7. The van der Waals surface area contributed by atoms with Crippen LogP contribution in [0.5, 0.6) is 5.75 Å². The average Bonchev–Trinajstić information content (AvgIpc) is 2.86. The summed E-state index contributed by atoms with van der Waals surface area (Å²) < 4.78 is 110. The quantitative estimate of drug-likeness (QED) is 0.262. The maximum Gasteiger partial charge on any atom is 0.432 e. The van der Waals surface area contributed by atoms with Crippen LogP contribution < -0.4 is 4.74 Å². The van der Waals surface area contributed by atoms with Crippen molar-refractivity contribution < 1.29 is 40.2 Å². The molecular formula is C28H31F7O2. The first-order chi connectivity index (χ1) is 17.5. The predicted molar refractivity (Wildman–Crippen MR) is 124 cm³/mol. The molecule has 2 aromatic rings. The fraction of sp³-hybridized carbons (Fsp3) is 0.571. The Bertz CT molecular complexity index is 1080. The van der Waals surface area contributed by atoms with E-state index < -0.39 is 52.1 Å². The predicted octanol–water partition coefficient (Wildman–Crippen LogP) is 8.69. The SMILES string of the molecule is CCCC1CCC(C2CCC(c3cc(F)c(C(F)(F)Oc4cc(F)c(F)c(F)c4C)c(F)c3)CC2)OC1. The molecule has 2 atom stereocenters. The van der Waals surface area contributed by atoms with Crippen molar-refractivity contribution in [2.45, 2.75) is 83.3 Å². The van der Waals surface area contributed by atoms with Gasteiger partial charge in [-0.05, 0) is 87.3 Å². The largest absolute Gasteiger partial charge is 0.432 e. The second-order valence-electron chi connectivity index (χ2n) is 10.3. The molecule has 204 valence electrons. The number of hydrogen-bond acceptors (Lipinski definition) is 2. The molecule has 2 unspecified atom stereocenters. The summed E-state index contributed by atoms with van der Waals surface area (Å²) in [6, 6.07) is 1.95. The number of ether oxygens (including phenoxy) is 2. The van der Waals surface area contributed by atoms with Gasteiger partial charge < -0.3 is 9.47 Å². The molecule has 0 radical (unpaired) electrons. The van der Waals surface area contributed by atoms with E-state index in [-0.39, 0.29) is 23.7 Å². The van der Waals surface area contributed by atoms with Crippen LogP contribution in [0.2, 0.25) is 0 Å². The molecule has 2 fully saturated rings. The molecule has 37 heavy (non-hydrogen) atoms. The van der Waals surface area contributed by atoms with E-state index in [0.29, 0.717) is 24.7 Å². The van der Waals surface area contributed by atoms with Crippen molar-refractivity contribution in [2.24, 2.45) is 11.8 Å². The van der Waals surface area contributed by atoms with Gasteiger partial charge in [-0.15, -0.1) is 0 Å². The number of alkyl halides is 2. The lowest BCUT2D eigenvalue weighted by Gasteiger charge is -2.38. The third-order valence-electron chi connectivity index (χ3n) is 7.82. The first kappa shape index (κ1) is 27.7. The van der Waals surface area contributed by atoms with Crippen LogP contribution in [0, 0.1) is 47.8 Å². The molecule has 0 N–H and O–H groups in total. The normalized spacial score (nSPS) is 24.8. The van der Waals surface area contributed by atoms with Crippen molar-refractivity contribution >= 4 is 0 Å². The Morgan fingerprint density at radius 1 is 0.865 bits per heavy atom. The van der Waals surface area contributed by atoms with E-state index in [9.17, 15) is 30.7 Å². The molecule has 1 aliphatic heterocycles. The zero-order valence-electron chi connectivity index (χ0n) is 20.9. The molecule has 1 saturated carbocycles. The van der Waals surface area contributed by atoms with Crippen LogP contribution in [0.15, 0.2) is 18.2 Å². The van der Waals surface area contributed by atoms with E-state index in [2.05, 4.69) is 11.7 Å². The van der Waals surface area contributed by atoms with Crippen LogP contribution in [0.1, 0.15) is 80.9 Å². The number of rotatable bonds is 7. The van der Waals surface area contributed by atoms with Crippen LogP contribution in [0.4, 0.5) is 30.7 Å². The summed E-state index contributed by atoms with van der Waals surface area (Å²) in [5.74, 6) is -8.69. The maximum absolute atomic E-state index is 14.8. The Morgan fingerprint density at radius 3 is 2.08 bits per heavy atom. The van der Waals surface area contributed by atoms with Crippen molar-refractivity contribution in [2.75, 3.05) is 6.61 Å². The van der Waals surface area contributed by atoms with Gasteiger partial charge in [-0.25, -0.2) is 22.0 Å². The molecule has 9 heteroatoms. The monoisotopic (exact) mass is 532 g/mol. The molecule has 2 nitrogen and oxygen atoms in total. The zero-order valence-corrected chi connectivity index (χ0v) is 20.9. The van der Waals surface area contributed by atoms with E-state index in [4.69, 9.17) is 4.74 Å². The van der Waals surface area contributed by atoms with E-state index in [1.807, 2.05) is 0 Å². The lowest BCUT2D eigenvalue weighted by atomic mass is 9.75. The van der Waals surface area contributed by atoms with Crippen LogP contribution >= 0.6 is 0 Å². The van der Waals surface area contributed by atoms with Crippen molar-refractivity contribution in [3.63, 3.8) is 0 Å². The Balaban J connectivity index is 1.44. The summed E-state index contributed by atoms with van der Waals surface area (Å²) in [5, 5.41) is 0. The van der Waals surface area contributed by atoms with Crippen LogP contribution in [-0.4, -0.2) is 12.7 Å². The lowest BCUT2D eigenvalue weighted by molar-refractivity contribution is -0.190. The van der Waals surface area contributed by atoms with Crippen LogP contribution in [0.25, 0.3) is 0 Å². The Morgan fingerprint density at radius 2 is 1.51 bits per heavy atom. The minimum absolute atomic E-state index is 0.185. The first-order valence-electron chi connectivity index (χ1n) is 12.8. The van der Waals surface area contributed by atoms with E-state index in [0.717, 1.165) is 64.2 Å². The van der Waals surface area contributed by atoms with E-state index in [1.54, 1.807) is 0 Å². The number of benzene rings is 2. The van der Waals surface area contributed by atoms with Crippen molar-refractivity contribution in [1.82, 2.24) is 0 Å². The summed E-state index contributed by atoms with van der Waals surface area (Å²) in [4.78, 5) is 0. The highest BCUT2D eigenvalue weighted by molar-refractivity contribution is 5.37. The molecular weight excluding hydrogens is 501 g/mol. The van der Waals surface area contributed by atoms with Gasteiger partial charge in [0.2, 0.25) is 0 Å². The summed E-state index contributed by atoms with van der Waals surface area (Å²) >= 11 is 0. The second kappa shape index (κ2) is 11.2. The molecule has 0 amide bonds. The zero-order chi connectivity index (χ0) is 26.9. The third-order valence-corrected chi connectivity index (χ3v) is 7.82. The molecule has 1 aliphatic carbocycles. The van der Waals surface area contributed by atoms with Gasteiger partial charge in [0.05, 0.1) is 6.10 Å². The average molecular weight is 533 g/mol. The smallest absolute Gasteiger partial charge is 0.428 e. The Kier molecular flexibility index (Phi) is 8.41. The van der Waals surface area contributed by atoms with Crippen molar-refractivity contribution in [3.05, 3.63) is 64.0 Å². The van der Waals surface area contributed by atoms with Crippen molar-refractivity contribution in [3.8, 4) is 5.75 Å². The van der Waals surface area contributed by atoms with Gasteiger partial charge in [-0.1, -0.05) is 13.3 Å². The molecule has 0 aromatic heterocycles. The topological polar surface area (TPSA) is 18.5 Å². The van der Waals surface area contributed by atoms with E-state index >= 15 is 0 Å². The minimum Gasteiger partial charge on any atom is -0.428 e.